The van der Waals surface area contributed by atoms with Crippen LogP contribution < -0.4 is 5.46 Å². The highest BCUT2D eigenvalue weighted by Gasteiger charge is 2.09. The van der Waals surface area contributed by atoms with Crippen LogP contribution in [0.5, 0.6) is 0 Å². The van der Waals surface area contributed by atoms with Crippen molar-refractivity contribution in [1.82, 2.24) is 0 Å². The van der Waals surface area contributed by atoms with Crippen LogP contribution in [0.15, 0.2) is 78.9 Å². The summed E-state index contributed by atoms with van der Waals surface area (Å²) in [5.74, 6) is 0. The molecule has 0 spiro atoms. The first-order valence-electron chi connectivity index (χ1n) is 8.11. The zero-order chi connectivity index (χ0) is 18.8. The average molecular weight is 346 g/mol. The van der Waals surface area contributed by atoms with E-state index in [1.807, 2.05) is 42.5 Å². The van der Waals surface area contributed by atoms with E-state index in [2.05, 4.69) is 12.1 Å². The summed E-state index contributed by atoms with van der Waals surface area (Å²) in [4.78, 5) is 20.8. The summed E-state index contributed by atoms with van der Waals surface area (Å²) in [6.07, 6.45) is 2.42. The van der Waals surface area contributed by atoms with Crippen LogP contribution in [-0.4, -0.2) is 29.7 Å². The van der Waals surface area contributed by atoms with Crippen molar-refractivity contribution >= 4 is 25.2 Å². The Kier molecular flexibility index (Phi) is 7.49. The molecule has 0 aliphatic carbocycles. The Morgan fingerprint density at radius 1 is 0.692 bits per heavy atom. The van der Waals surface area contributed by atoms with Crippen molar-refractivity contribution in [3.8, 4) is 0 Å². The summed E-state index contributed by atoms with van der Waals surface area (Å²) >= 11 is 0. The molecule has 4 nitrogen and oxygen atoms in total. The molecule has 3 rings (SSSR count). The zero-order valence-electron chi connectivity index (χ0n) is 14.2. The molecule has 0 aromatic heterocycles. The van der Waals surface area contributed by atoms with Gasteiger partial charge in [-0.05, 0) is 29.1 Å². The number of aldehydes is 2. The summed E-state index contributed by atoms with van der Waals surface area (Å²) in [5.41, 5.74) is 3.94. The Hall–Kier alpha value is -3.02. The second kappa shape index (κ2) is 10.1. The van der Waals surface area contributed by atoms with E-state index >= 15 is 0 Å². The van der Waals surface area contributed by atoms with Gasteiger partial charge in [0.25, 0.3) is 0 Å². The topological polar surface area (TPSA) is 74.6 Å². The van der Waals surface area contributed by atoms with Gasteiger partial charge in [-0.2, -0.15) is 0 Å². The van der Waals surface area contributed by atoms with Crippen molar-refractivity contribution in [2.45, 2.75) is 6.42 Å². The lowest BCUT2D eigenvalue weighted by Crippen LogP contribution is -2.29. The number of rotatable bonds is 5. The molecule has 3 aromatic carbocycles. The standard InChI is InChI=1S/C14H12O.C7H7BO3/c15-11-14-8-4-7-13(10-14)9-12-5-2-1-3-6-12;9-5-6-2-1-3-7(4-6)8(10)11/h1-8,10-11H,9H2;1-5,10-11H. The van der Waals surface area contributed by atoms with E-state index in [9.17, 15) is 9.59 Å². The number of hydrogen-bond donors (Lipinski definition) is 2. The van der Waals surface area contributed by atoms with Gasteiger partial charge < -0.3 is 10.0 Å². The minimum absolute atomic E-state index is 0.328. The van der Waals surface area contributed by atoms with Crippen LogP contribution >= 0.6 is 0 Å². The molecule has 0 saturated heterocycles. The maximum absolute atomic E-state index is 10.6. The fraction of sp³-hybridized carbons (Fsp3) is 0.0476. The smallest absolute Gasteiger partial charge is 0.423 e. The lowest BCUT2D eigenvalue weighted by Gasteiger charge is -2.01. The molecule has 0 bridgehead atoms. The Morgan fingerprint density at radius 2 is 1.27 bits per heavy atom. The third-order valence-electron chi connectivity index (χ3n) is 3.68. The average Bonchev–Trinajstić information content (AvgIpc) is 2.69. The molecule has 130 valence electrons. The highest BCUT2D eigenvalue weighted by molar-refractivity contribution is 6.58. The monoisotopic (exact) mass is 346 g/mol. The highest BCUT2D eigenvalue weighted by Crippen LogP contribution is 2.10. The Balaban J connectivity index is 0.000000197. The molecule has 0 fully saturated rings. The van der Waals surface area contributed by atoms with Crippen LogP contribution in [0.1, 0.15) is 31.8 Å². The Bertz CT molecular complexity index is 847. The molecular weight excluding hydrogens is 327 g/mol. The van der Waals surface area contributed by atoms with Crippen LogP contribution in [0.2, 0.25) is 0 Å². The van der Waals surface area contributed by atoms with E-state index in [1.54, 1.807) is 12.1 Å². The van der Waals surface area contributed by atoms with Crippen molar-refractivity contribution in [2.75, 3.05) is 0 Å². The largest absolute Gasteiger partial charge is 0.488 e. The van der Waals surface area contributed by atoms with Gasteiger partial charge in [0.1, 0.15) is 12.6 Å². The van der Waals surface area contributed by atoms with E-state index < -0.39 is 7.12 Å². The molecule has 0 saturated carbocycles. The van der Waals surface area contributed by atoms with Gasteiger partial charge in [0.2, 0.25) is 0 Å². The molecule has 0 atom stereocenters. The van der Waals surface area contributed by atoms with E-state index in [-0.39, 0.29) is 0 Å². The van der Waals surface area contributed by atoms with Gasteiger partial charge in [-0.15, -0.1) is 0 Å². The van der Waals surface area contributed by atoms with Crippen LogP contribution in [0.25, 0.3) is 0 Å². The maximum Gasteiger partial charge on any atom is 0.488 e. The van der Waals surface area contributed by atoms with Crippen LogP contribution in [0, 0.1) is 0 Å². The molecule has 0 radical (unpaired) electrons. The van der Waals surface area contributed by atoms with E-state index in [0.29, 0.717) is 17.3 Å². The van der Waals surface area contributed by atoms with E-state index in [1.165, 1.54) is 23.3 Å². The molecule has 3 aromatic rings. The normalized spacial score (nSPS) is 9.62. The first kappa shape index (κ1) is 19.3. The maximum atomic E-state index is 10.6. The van der Waals surface area contributed by atoms with Crippen molar-refractivity contribution < 1.29 is 19.6 Å². The van der Waals surface area contributed by atoms with Crippen molar-refractivity contribution in [2.24, 2.45) is 0 Å². The van der Waals surface area contributed by atoms with Gasteiger partial charge in [0.05, 0.1) is 0 Å². The second-order valence-corrected chi connectivity index (χ2v) is 5.69. The van der Waals surface area contributed by atoms with Crippen LogP contribution in [-0.2, 0) is 6.42 Å². The highest BCUT2D eigenvalue weighted by atomic mass is 16.4. The molecule has 0 aliphatic rings. The molecule has 5 heteroatoms. The first-order chi connectivity index (χ1) is 12.6. The fourth-order valence-electron chi connectivity index (χ4n) is 2.40. The lowest BCUT2D eigenvalue weighted by molar-refractivity contribution is 0.111. The van der Waals surface area contributed by atoms with Crippen molar-refractivity contribution in [3.63, 3.8) is 0 Å². The Morgan fingerprint density at radius 3 is 1.88 bits per heavy atom. The molecular formula is C21H19BO4. The first-order valence-corrected chi connectivity index (χ1v) is 8.11. The third kappa shape index (κ3) is 6.13. The summed E-state index contributed by atoms with van der Waals surface area (Å²) in [7, 11) is -1.50. The van der Waals surface area contributed by atoms with Crippen molar-refractivity contribution in [1.29, 1.82) is 0 Å². The number of carbonyl (C=O) groups excluding carboxylic acids is 2. The van der Waals surface area contributed by atoms with Gasteiger partial charge in [0, 0.05) is 11.1 Å². The second-order valence-electron chi connectivity index (χ2n) is 5.69. The zero-order valence-corrected chi connectivity index (χ0v) is 14.2. The van der Waals surface area contributed by atoms with Gasteiger partial charge in [-0.1, -0.05) is 72.8 Å². The quantitative estimate of drug-likeness (QED) is 0.549. The molecule has 0 amide bonds. The van der Waals surface area contributed by atoms with Gasteiger partial charge in [-0.3, -0.25) is 9.59 Å². The minimum atomic E-state index is -1.50. The predicted octanol–water partition coefficient (Wildman–Crippen LogP) is 2.27. The molecule has 0 aliphatic heterocycles. The van der Waals surface area contributed by atoms with E-state index in [0.717, 1.165) is 18.3 Å². The Labute approximate surface area is 152 Å². The number of carbonyl (C=O) groups is 2. The molecule has 26 heavy (non-hydrogen) atoms. The molecule has 0 unspecified atom stereocenters. The van der Waals surface area contributed by atoms with Gasteiger partial charge in [0.15, 0.2) is 0 Å². The van der Waals surface area contributed by atoms with Gasteiger partial charge >= 0.3 is 7.12 Å². The lowest BCUT2D eigenvalue weighted by atomic mass is 9.80. The summed E-state index contributed by atoms with van der Waals surface area (Å²) in [6.45, 7) is 0. The predicted molar refractivity (Wildman–Crippen MR) is 103 cm³/mol. The number of benzene rings is 3. The van der Waals surface area contributed by atoms with E-state index in [4.69, 9.17) is 10.0 Å². The molecule has 2 N–H and O–H groups in total. The molecule has 0 heterocycles. The summed E-state index contributed by atoms with van der Waals surface area (Å²) in [5, 5.41) is 17.4. The SMILES string of the molecule is O=Cc1cccc(B(O)O)c1.O=Cc1cccc(Cc2ccccc2)c1. The van der Waals surface area contributed by atoms with Crippen LogP contribution in [0.4, 0.5) is 0 Å². The number of hydrogen-bond acceptors (Lipinski definition) is 4. The van der Waals surface area contributed by atoms with Gasteiger partial charge in [-0.25, -0.2) is 0 Å². The third-order valence-corrected chi connectivity index (χ3v) is 3.68. The van der Waals surface area contributed by atoms with Crippen molar-refractivity contribution in [3.05, 3.63) is 101 Å². The minimum Gasteiger partial charge on any atom is -0.423 e. The summed E-state index contributed by atoms with van der Waals surface area (Å²) < 4.78 is 0. The summed E-state index contributed by atoms with van der Waals surface area (Å²) in [6, 6.07) is 24.1. The van der Waals surface area contributed by atoms with Crippen LogP contribution in [0.3, 0.4) is 0 Å². The fourth-order valence-corrected chi connectivity index (χ4v) is 2.40.